The third-order valence-corrected chi connectivity index (χ3v) is 2.24. The average Bonchev–Trinajstić information content (AvgIpc) is 2.94. The highest BCUT2D eigenvalue weighted by molar-refractivity contribution is 15.0. The smallest absolute Gasteiger partial charge is 0.222 e. The summed E-state index contributed by atoms with van der Waals surface area (Å²) in [7, 11) is 1.84. The van der Waals surface area contributed by atoms with Crippen LogP contribution in [0.25, 0.3) is 0 Å². The van der Waals surface area contributed by atoms with Gasteiger partial charge in [0, 0.05) is 63.7 Å². The van der Waals surface area contributed by atoms with Crippen molar-refractivity contribution in [3.05, 3.63) is 0 Å². The molecule has 1 heterocycles. The highest BCUT2D eigenvalue weighted by atomic mass is 128. The summed E-state index contributed by atoms with van der Waals surface area (Å²) in [5.74, 6) is 1.15. The molecule has 0 aromatic carbocycles. The SMILES string of the molecule is C.C.CCC1=NCCO1.CCCN(C)C(=O)CC.I.II. The minimum Gasteiger partial charge on any atom is -0.479 e. The lowest BCUT2D eigenvalue weighted by Gasteiger charge is -2.13. The molecule has 0 N–H and O–H groups in total. The van der Waals surface area contributed by atoms with Crippen LogP contribution in [0.5, 0.6) is 0 Å². The molecule has 132 valence electrons. The van der Waals surface area contributed by atoms with Crippen LogP contribution in [-0.4, -0.2) is 43.4 Å². The predicted molar refractivity (Wildman–Crippen MR) is 124 cm³/mol. The van der Waals surface area contributed by atoms with E-state index in [0.29, 0.717) is 6.42 Å². The quantitative estimate of drug-likeness (QED) is 0.367. The molecule has 0 aromatic rings. The summed E-state index contributed by atoms with van der Waals surface area (Å²) in [6, 6.07) is 0. The van der Waals surface area contributed by atoms with Gasteiger partial charge in [-0.2, -0.15) is 0 Å². The zero-order chi connectivity index (χ0) is 14.4. The molecule has 1 aliphatic rings. The molecule has 1 rings (SSSR count). The molecule has 0 saturated heterocycles. The third-order valence-electron chi connectivity index (χ3n) is 2.24. The maximum atomic E-state index is 10.8. The van der Waals surface area contributed by atoms with Gasteiger partial charge in [-0.25, -0.2) is 0 Å². The highest BCUT2D eigenvalue weighted by Crippen LogP contribution is 1.95. The summed E-state index contributed by atoms with van der Waals surface area (Å²) in [4.78, 5) is 16.6. The Morgan fingerprint density at radius 2 is 1.81 bits per heavy atom. The Hall–Kier alpha value is 1.13. The molecule has 0 fully saturated rings. The van der Waals surface area contributed by atoms with Crippen molar-refractivity contribution in [2.75, 3.05) is 26.7 Å². The molecule has 0 bridgehead atoms. The first kappa shape index (κ1) is 33.7. The topological polar surface area (TPSA) is 41.9 Å². The molecule has 1 amide bonds. The Labute approximate surface area is 172 Å². The zero-order valence-corrected chi connectivity index (χ0v) is 18.8. The minimum atomic E-state index is 0. The van der Waals surface area contributed by atoms with Crippen molar-refractivity contribution >= 4 is 73.0 Å². The second-order valence-corrected chi connectivity index (χ2v) is 3.65. The summed E-state index contributed by atoms with van der Waals surface area (Å²) < 4.78 is 5.05. The van der Waals surface area contributed by atoms with Gasteiger partial charge in [-0.3, -0.25) is 9.79 Å². The fourth-order valence-corrected chi connectivity index (χ4v) is 1.32. The molecule has 0 unspecified atom stereocenters. The van der Waals surface area contributed by atoms with Crippen molar-refractivity contribution in [2.24, 2.45) is 4.99 Å². The van der Waals surface area contributed by atoms with Gasteiger partial charge >= 0.3 is 0 Å². The molecule has 0 spiro atoms. The monoisotopic (exact) mass is 642 g/mol. The molecule has 7 heteroatoms. The largest absolute Gasteiger partial charge is 0.479 e. The maximum Gasteiger partial charge on any atom is 0.222 e. The van der Waals surface area contributed by atoms with Gasteiger partial charge in [0.15, 0.2) is 5.90 Å². The van der Waals surface area contributed by atoms with Crippen LogP contribution in [0.4, 0.5) is 0 Å². The lowest BCUT2D eigenvalue weighted by molar-refractivity contribution is -0.129. The van der Waals surface area contributed by atoms with Gasteiger partial charge in [-0.1, -0.05) is 35.6 Å². The second kappa shape index (κ2) is 26.0. The molecular formula is C14H33I3N2O2. The van der Waals surface area contributed by atoms with Gasteiger partial charge in [0.25, 0.3) is 0 Å². The number of carbonyl (C=O) groups excluding carboxylic acids is 1. The summed E-state index contributed by atoms with van der Waals surface area (Å²) in [6.45, 7) is 8.54. The Balaban J connectivity index is -0.0000000650. The van der Waals surface area contributed by atoms with E-state index in [1.807, 2.05) is 20.9 Å². The fraction of sp³-hybridized carbons (Fsp3) is 0.857. The fourth-order valence-electron chi connectivity index (χ4n) is 1.32. The van der Waals surface area contributed by atoms with Crippen molar-refractivity contribution in [2.45, 2.75) is 54.9 Å². The van der Waals surface area contributed by atoms with Crippen LogP contribution >= 0.6 is 61.2 Å². The summed E-state index contributed by atoms with van der Waals surface area (Å²) in [5.41, 5.74) is 0. The van der Waals surface area contributed by atoms with Crippen molar-refractivity contribution in [3.63, 3.8) is 0 Å². The molecule has 1 aliphatic heterocycles. The first-order valence-electron chi connectivity index (χ1n) is 6.20. The summed E-state index contributed by atoms with van der Waals surface area (Å²) in [5, 5.41) is 0. The molecule has 0 saturated carbocycles. The van der Waals surface area contributed by atoms with Crippen LogP contribution in [0.15, 0.2) is 4.99 Å². The van der Waals surface area contributed by atoms with E-state index in [9.17, 15) is 4.79 Å². The Kier molecular flexibility index (Phi) is 41.8. The number of amides is 1. The first-order chi connectivity index (χ1) is 8.65. The van der Waals surface area contributed by atoms with Gasteiger partial charge in [-0.15, -0.1) is 24.0 Å². The number of halogens is 3. The standard InChI is InChI=1S/C7H15NO.C5H9NO.2CH4.I2.HI/c1-4-6-8(3)7(9)5-2;1-2-5-6-3-4-7-5;;;1-2;/h4-6H2,1-3H3;2-4H2,1H3;2*1H4;;1H. The van der Waals surface area contributed by atoms with E-state index in [1.54, 1.807) is 4.90 Å². The van der Waals surface area contributed by atoms with Gasteiger partial charge in [0.05, 0.1) is 6.54 Å². The minimum absolute atomic E-state index is 0. The number of nitrogens with zero attached hydrogens (tertiary/aromatic N) is 2. The lowest BCUT2D eigenvalue weighted by Crippen LogP contribution is -2.26. The van der Waals surface area contributed by atoms with Crippen molar-refractivity contribution < 1.29 is 9.53 Å². The number of aliphatic imine (C=N–C) groups is 1. The van der Waals surface area contributed by atoms with Crippen LogP contribution in [0.2, 0.25) is 0 Å². The normalized spacial score (nSPS) is 10.5. The molecule has 0 atom stereocenters. The molecule has 0 aromatic heterocycles. The van der Waals surface area contributed by atoms with E-state index in [1.165, 1.54) is 0 Å². The van der Waals surface area contributed by atoms with Crippen molar-refractivity contribution in [3.8, 4) is 0 Å². The Morgan fingerprint density at radius 3 is 2.05 bits per heavy atom. The van der Waals surface area contributed by atoms with Gasteiger partial charge in [0.1, 0.15) is 6.61 Å². The van der Waals surface area contributed by atoms with Crippen LogP contribution in [0.3, 0.4) is 0 Å². The maximum absolute atomic E-state index is 10.8. The van der Waals surface area contributed by atoms with Gasteiger partial charge < -0.3 is 9.64 Å². The Morgan fingerprint density at radius 1 is 1.29 bits per heavy atom. The van der Waals surface area contributed by atoms with E-state index in [4.69, 9.17) is 4.74 Å². The van der Waals surface area contributed by atoms with Crippen LogP contribution in [-0.2, 0) is 9.53 Å². The predicted octanol–water partition coefficient (Wildman–Crippen LogP) is 5.75. The van der Waals surface area contributed by atoms with Crippen molar-refractivity contribution in [1.82, 2.24) is 4.90 Å². The molecule has 0 radical (unpaired) electrons. The van der Waals surface area contributed by atoms with Crippen LogP contribution in [0.1, 0.15) is 54.9 Å². The van der Waals surface area contributed by atoms with E-state index in [0.717, 1.165) is 38.4 Å². The molecule has 21 heavy (non-hydrogen) atoms. The first-order valence-corrected chi connectivity index (χ1v) is 12.5. The molecule has 4 nitrogen and oxygen atoms in total. The number of hydrogen-bond acceptors (Lipinski definition) is 3. The van der Waals surface area contributed by atoms with Crippen molar-refractivity contribution in [1.29, 1.82) is 0 Å². The zero-order valence-electron chi connectivity index (χ0n) is 12.1. The second-order valence-electron chi connectivity index (χ2n) is 3.65. The van der Waals surface area contributed by atoms with E-state index in [2.05, 4.69) is 49.1 Å². The molecular weight excluding hydrogens is 609 g/mol. The van der Waals surface area contributed by atoms with E-state index >= 15 is 0 Å². The van der Waals surface area contributed by atoms with Crippen LogP contribution in [0, 0.1) is 0 Å². The van der Waals surface area contributed by atoms with E-state index in [-0.39, 0.29) is 44.7 Å². The number of ether oxygens (including phenoxy) is 1. The van der Waals surface area contributed by atoms with E-state index < -0.39 is 0 Å². The molecule has 0 aliphatic carbocycles. The summed E-state index contributed by atoms with van der Waals surface area (Å²) in [6.07, 6.45) is 2.61. The summed E-state index contributed by atoms with van der Waals surface area (Å²) >= 11 is 4.24. The van der Waals surface area contributed by atoms with Gasteiger partial charge in [0.2, 0.25) is 5.91 Å². The van der Waals surface area contributed by atoms with Gasteiger partial charge in [-0.05, 0) is 6.42 Å². The van der Waals surface area contributed by atoms with Crippen LogP contribution < -0.4 is 0 Å². The Bertz CT molecular complexity index is 240. The highest BCUT2D eigenvalue weighted by Gasteiger charge is 2.02. The number of carbonyl (C=O) groups is 1. The number of hydrogen-bond donors (Lipinski definition) is 0. The number of rotatable bonds is 4. The third kappa shape index (κ3) is 21.1. The lowest BCUT2D eigenvalue weighted by atomic mass is 10.4. The average molecular weight is 642 g/mol.